The summed E-state index contributed by atoms with van der Waals surface area (Å²) >= 11 is 1.44. The number of thioether (sulfide) groups is 1. The van der Waals surface area contributed by atoms with Crippen molar-refractivity contribution in [3.05, 3.63) is 124 Å². The molecule has 43 heavy (non-hydrogen) atoms. The van der Waals surface area contributed by atoms with Crippen molar-refractivity contribution in [2.45, 2.75) is 46.4 Å². The van der Waals surface area contributed by atoms with Crippen molar-refractivity contribution in [1.82, 2.24) is 15.1 Å². The van der Waals surface area contributed by atoms with Gasteiger partial charge < -0.3 is 19.9 Å². The fourth-order valence-electron chi connectivity index (χ4n) is 5.18. The maximum atomic E-state index is 14.0. The van der Waals surface area contributed by atoms with E-state index < -0.39 is 6.04 Å². The Balaban J connectivity index is 1.43. The number of fused-ring (bicyclic) bond motifs is 1. The number of hydrogen-bond acceptors (Lipinski definition) is 6. The number of amidine groups is 1. The molecular formula is C34H35FN4O3S. The molecule has 0 unspecified atom stereocenters. The number of benzene rings is 3. The van der Waals surface area contributed by atoms with Gasteiger partial charge in [-0.2, -0.15) is 0 Å². The Labute approximate surface area is 256 Å². The summed E-state index contributed by atoms with van der Waals surface area (Å²) in [6.45, 7) is 7.64. The number of carbonyl (C=O) groups is 2. The van der Waals surface area contributed by atoms with Gasteiger partial charge in [0.2, 0.25) is 5.91 Å². The minimum Gasteiger partial charge on any atom is -0.489 e. The average molecular weight is 599 g/mol. The second kappa shape index (κ2) is 13.7. The van der Waals surface area contributed by atoms with Crippen molar-refractivity contribution in [3.63, 3.8) is 0 Å². The van der Waals surface area contributed by atoms with Gasteiger partial charge in [0.25, 0.3) is 5.91 Å². The van der Waals surface area contributed by atoms with Gasteiger partial charge in [-0.25, -0.2) is 9.38 Å². The second-order valence-electron chi connectivity index (χ2n) is 10.3. The van der Waals surface area contributed by atoms with Crippen LogP contribution in [0, 0.1) is 5.82 Å². The summed E-state index contributed by atoms with van der Waals surface area (Å²) in [5, 5.41) is 5.58. The summed E-state index contributed by atoms with van der Waals surface area (Å²) in [6, 6.07) is 23.3. The third-order valence-corrected chi connectivity index (χ3v) is 8.34. The summed E-state index contributed by atoms with van der Waals surface area (Å²) in [5.41, 5.74) is 4.72. The maximum Gasteiger partial charge on any atom is 0.254 e. The molecule has 1 atom stereocenters. The molecule has 5 rings (SSSR count). The Kier molecular flexibility index (Phi) is 9.61. The molecule has 0 fully saturated rings. The number of halogens is 1. The first-order valence-electron chi connectivity index (χ1n) is 14.4. The van der Waals surface area contributed by atoms with E-state index in [1.165, 1.54) is 23.9 Å². The van der Waals surface area contributed by atoms with Crippen LogP contribution in [-0.2, 0) is 22.7 Å². The Morgan fingerprint density at radius 2 is 1.74 bits per heavy atom. The van der Waals surface area contributed by atoms with Crippen LogP contribution >= 0.6 is 11.8 Å². The van der Waals surface area contributed by atoms with Crippen LogP contribution in [0.15, 0.2) is 106 Å². The molecule has 0 radical (unpaired) electrons. The van der Waals surface area contributed by atoms with Crippen LogP contribution in [0.4, 0.5) is 4.39 Å². The molecule has 9 heteroatoms. The van der Waals surface area contributed by atoms with E-state index in [0.717, 1.165) is 27.6 Å². The molecule has 0 aromatic heterocycles. The molecule has 2 aliphatic rings. The number of rotatable bonds is 11. The molecule has 2 aliphatic heterocycles. The average Bonchev–Trinajstić information content (AvgIpc) is 3.41. The van der Waals surface area contributed by atoms with Crippen LogP contribution in [0.1, 0.15) is 49.9 Å². The number of ether oxygens (including phenoxy) is 1. The zero-order chi connectivity index (χ0) is 30.3. The maximum absolute atomic E-state index is 14.0. The lowest BCUT2D eigenvalue weighted by Gasteiger charge is -2.38. The Hall–Kier alpha value is -4.37. The van der Waals surface area contributed by atoms with Crippen molar-refractivity contribution >= 4 is 28.7 Å². The Bertz CT molecular complexity index is 1570. The molecule has 0 saturated carbocycles. The lowest BCUT2D eigenvalue weighted by Crippen LogP contribution is -2.42. The van der Waals surface area contributed by atoms with E-state index in [-0.39, 0.29) is 30.6 Å². The lowest BCUT2D eigenvalue weighted by molar-refractivity contribution is -0.127. The first-order chi connectivity index (χ1) is 20.9. The van der Waals surface area contributed by atoms with Crippen LogP contribution in [0.5, 0.6) is 5.75 Å². The topological polar surface area (TPSA) is 74.2 Å². The number of carbonyl (C=O) groups excluding carboxylic acids is 2. The van der Waals surface area contributed by atoms with E-state index in [0.29, 0.717) is 36.7 Å². The molecule has 0 spiro atoms. The molecule has 222 valence electrons. The molecular weight excluding hydrogens is 563 g/mol. The minimum absolute atomic E-state index is 0.0806. The summed E-state index contributed by atoms with van der Waals surface area (Å²) in [5.74, 6) is 0.105. The first-order valence-corrected chi connectivity index (χ1v) is 15.3. The normalized spacial score (nSPS) is 15.9. The molecule has 0 aliphatic carbocycles. The number of nitrogens with one attached hydrogen (secondary N) is 1. The summed E-state index contributed by atoms with van der Waals surface area (Å²) in [6.07, 6.45) is 0.0969. The van der Waals surface area contributed by atoms with E-state index in [9.17, 15) is 14.0 Å². The van der Waals surface area contributed by atoms with Gasteiger partial charge in [-0.15, -0.1) is 0 Å². The van der Waals surface area contributed by atoms with Crippen LogP contribution in [-0.4, -0.2) is 39.9 Å². The van der Waals surface area contributed by atoms with Gasteiger partial charge in [0.15, 0.2) is 5.17 Å². The molecule has 0 saturated heterocycles. The van der Waals surface area contributed by atoms with Gasteiger partial charge in [0, 0.05) is 25.3 Å². The highest BCUT2D eigenvalue weighted by Gasteiger charge is 2.41. The molecule has 2 heterocycles. The highest BCUT2D eigenvalue weighted by molar-refractivity contribution is 8.16. The molecule has 2 amide bonds. The van der Waals surface area contributed by atoms with Gasteiger partial charge in [0.05, 0.1) is 23.7 Å². The zero-order valence-electron chi connectivity index (χ0n) is 24.5. The zero-order valence-corrected chi connectivity index (χ0v) is 25.4. The fourth-order valence-corrected chi connectivity index (χ4v) is 6.15. The molecule has 0 bridgehead atoms. The highest BCUT2D eigenvalue weighted by Crippen LogP contribution is 2.45. The van der Waals surface area contributed by atoms with E-state index >= 15 is 0 Å². The number of aliphatic imine (C=N–C) groups is 1. The lowest BCUT2D eigenvalue weighted by atomic mass is 9.92. The number of nitrogens with zero attached hydrogens (tertiary/aromatic N) is 3. The number of likely N-dealkylation sites (N-methyl/N-ethyl adjacent to an activating group) is 1. The van der Waals surface area contributed by atoms with Crippen LogP contribution in [0.25, 0.3) is 0 Å². The van der Waals surface area contributed by atoms with Gasteiger partial charge in [-0.05, 0) is 67.1 Å². The van der Waals surface area contributed by atoms with Gasteiger partial charge >= 0.3 is 0 Å². The molecule has 7 nitrogen and oxygen atoms in total. The quantitative estimate of drug-likeness (QED) is 0.271. The third-order valence-electron chi connectivity index (χ3n) is 7.45. The monoisotopic (exact) mass is 598 g/mol. The largest absolute Gasteiger partial charge is 0.489 e. The standard InChI is InChI=1S/C34H35FN4O3S/c1-4-38(5-2)33(41)31-23(3)37-34-39(28(22-43-34)19-30(40)36-20-24-14-16-27(35)17-15-24)32(31)26-12-9-13-29(18-26)42-21-25-10-7-6-8-11-25/h6-18,22,32H,4-5,19-21H2,1-3H3,(H,36,40)/t32-/m0/s1. The van der Waals surface area contributed by atoms with Crippen LogP contribution in [0.3, 0.4) is 0 Å². The van der Waals surface area contributed by atoms with E-state index in [4.69, 9.17) is 9.73 Å². The van der Waals surface area contributed by atoms with Crippen molar-refractivity contribution in [1.29, 1.82) is 0 Å². The predicted octanol–water partition coefficient (Wildman–Crippen LogP) is 6.55. The van der Waals surface area contributed by atoms with Gasteiger partial charge in [0.1, 0.15) is 18.2 Å². The summed E-state index contributed by atoms with van der Waals surface area (Å²) < 4.78 is 19.4. The van der Waals surface area contributed by atoms with E-state index in [1.54, 1.807) is 17.0 Å². The molecule has 1 N–H and O–H groups in total. The smallest absolute Gasteiger partial charge is 0.254 e. The predicted molar refractivity (Wildman–Crippen MR) is 168 cm³/mol. The van der Waals surface area contributed by atoms with Crippen LogP contribution in [0.2, 0.25) is 0 Å². The van der Waals surface area contributed by atoms with Gasteiger partial charge in [-0.3, -0.25) is 9.59 Å². The number of hydrogen-bond donors (Lipinski definition) is 1. The molecule has 3 aromatic rings. The van der Waals surface area contributed by atoms with Crippen molar-refractivity contribution in [2.75, 3.05) is 13.1 Å². The van der Waals surface area contributed by atoms with E-state index in [2.05, 4.69) is 5.32 Å². The highest BCUT2D eigenvalue weighted by atomic mass is 32.2. The van der Waals surface area contributed by atoms with Crippen molar-refractivity contribution in [3.8, 4) is 5.75 Å². The minimum atomic E-state index is -0.493. The summed E-state index contributed by atoms with van der Waals surface area (Å²) in [4.78, 5) is 35.7. The van der Waals surface area contributed by atoms with Crippen molar-refractivity contribution < 1.29 is 18.7 Å². The molecule has 3 aromatic carbocycles. The SMILES string of the molecule is CCN(CC)C(=O)C1=C(C)N=C2SC=C(CC(=O)NCc3ccc(F)cc3)N2[C@H]1c1cccc(OCc2ccccc2)c1. The Morgan fingerprint density at radius 1 is 1.00 bits per heavy atom. The second-order valence-corrected chi connectivity index (χ2v) is 11.1. The Morgan fingerprint density at radius 3 is 2.47 bits per heavy atom. The number of allylic oxidation sites excluding steroid dienone is 1. The third kappa shape index (κ3) is 7.00. The number of amides is 2. The van der Waals surface area contributed by atoms with Crippen molar-refractivity contribution in [2.24, 2.45) is 4.99 Å². The van der Waals surface area contributed by atoms with Gasteiger partial charge in [-0.1, -0.05) is 66.4 Å². The summed E-state index contributed by atoms with van der Waals surface area (Å²) in [7, 11) is 0. The first kappa shape index (κ1) is 30.1. The fraction of sp³-hybridized carbons (Fsp3) is 0.265. The van der Waals surface area contributed by atoms with E-state index in [1.807, 2.05) is 85.7 Å². The van der Waals surface area contributed by atoms with Crippen LogP contribution < -0.4 is 10.1 Å².